The van der Waals surface area contributed by atoms with Crippen LogP contribution in [0.4, 0.5) is 0 Å². The van der Waals surface area contributed by atoms with E-state index in [0.717, 1.165) is 12.2 Å². The number of aryl methyl sites for hydroxylation is 1. The maximum Gasteiger partial charge on any atom is 0.213 e. The van der Waals surface area contributed by atoms with Crippen LogP contribution in [-0.2, 0) is 6.54 Å². The molecule has 72 valence electrons. The van der Waals surface area contributed by atoms with Gasteiger partial charge in [-0.2, -0.15) is 0 Å². The van der Waals surface area contributed by atoms with E-state index in [1.54, 1.807) is 0 Å². The van der Waals surface area contributed by atoms with E-state index in [4.69, 9.17) is 4.74 Å². The highest BCUT2D eigenvalue weighted by atomic mass is 16.5. The first-order valence-corrected chi connectivity index (χ1v) is 4.51. The summed E-state index contributed by atoms with van der Waals surface area (Å²) >= 11 is 0. The topological polar surface area (TPSA) is 34.1 Å². The Bertz CT molecular complexity index is 274. The summed E-state index contributed by atoms with van der Waals surface area (Å²) in [6.07, 6.45) is 0. The molecular formula is C10H16N2O. The van der Waals surface area contributed by atoms with Crippen molar-refractivity contribution >= 4 is 0 Å². The van der Waals surface area contributed by atoms with Crippen LogP contribution in [0.3, 0.4) is 0 Å². The predicted octanol–water partition coefficient (Wildman–Crippen LogP) is 1.51. The van der Waals surface area contributed by atoms with Gasteiger partial charge >= 0.3 is 0 Å². The Morgan fingerprint density at radius 2 is 2.23 bits per heavy atom. The Morgan fingerprint density at radius 1 is 1.46 bits per heavy atom. The monoisotopic (exact) mass is 180 g/mol. The molecule has 0 bridgehead atoms. The molecule has 0 aliphatic carbocycles. The van der Waals surface area contributed by atoms with Gasteiger partial charge in [-0.25, -0.2) is 4.98 Å². The summed E-state index contributed by atoms with van der Waals surface area (Å²) in [6, 6.07) is 3.95. The van der Waals surface area contributed by atoms with Gasteiger partial charge in [-0.1, -0.05) is 6.07 Å². The number of pyridine rings is 1. The SMILES string of the molecule is CCOc1ccc(CNC)c(C)n1. The third-order valence-electron chi connectivity index (χ3n) is 1.83. The summed E-state index contributed by atoms with van der Waals surface area (Å²) in [5.74, 6) is 0.708. The number of hydrogen-bond acceptors (Lipinski definition) is 3. The Balaban J connectivity index is 2.79. The van der Waals surface area contributed by atoms with E-state index in [0.29, 0.717) is 12.5 Å². The number of hydrogen-bond donors (Lipinski definition) is 1. The van der Waals surface area contributed by atoms with Crippen molar-refractivity contribution in [3.05, 3.63) is 23.4 Å². The smallest absolute Gasteiger partial charge is 0.213 e. The van der Waals surface area contributed by atoms with Crippen molar-refractivity contribution in [3.63, 3.8) is 0 Å². The fourth-order valence-corrected chi connectivity index (χ4v) is 1.17. The summed E-state index contributed by atoms with van der Waals surface area (Å²) in [5.41, 5.74) is 2.24. The molecule has 0 saturated carbocycles. The summed E-state index contributed by atoms with van der Waals surface area (Å²) in [6.45, 7) is 5.47. The Hall–Kier alpha value is -1.09. The van der Waals surface area contributed by atoms with Crippen molar-refractivity contribution in [1.29, 1.82) is 0 Å². The molecule has 1 N–H and O–H groups in total. The van der Waals surface area contributed by atoms with Gasteiger partial charge < -0.3 is 10.1 Å². The lowest BCUT2D eigenvalue weighted by Crippen LogP contribution is -2.08. The van der Waals surface area contributed by atoms with Crippen LogP contribution >= 0.6 is 0 Å². The summed E-state index contributed by atoms with van der Waals surface area (Å²) in [5, 5.41) is 3.10. The molecule has 0 spiro atoms. The van der Waals surface area contributed by atoms with Crippen molar-refractivity contribution < 1.29 is 4.74 Å². The largest absolute Gasteiger partial charge is 0.478 e. The number of nitrogens with zero attached hydrogens (tertiary/aromatic N) is 1. The first kappa shape index (κ1) is 9.99. The van der Waals surface area contributed by atoms with Crippen LogP contribution in [0, 0.1) is 6.92 Å². The molecule has 1 heterocycles. The molecule has 13 heavy (non-hydrogen) atoms. The van der Waals surface area contributed by atoms with Gasteiger partial charge in [-0.15, -0.1) is 0 Å². The molecule has 0 aromatic carbocycles. The molecule has 0 atom stereocenters. The quantitative estimate of drug-likeness (QED) is 0.762. The van der Waals surface area contributed by atoms with E-state index in [9.17, 15) is 0 Å². The van der Waals surface area contributed by atoms with Crippen LogP contribution < -0.4 is 10.1 Å². The summed E-state index contributed by atoms with van der Waals surface area (Å²) in [4.78, 5) is 4.32. The normalized spacial score (nSPS) is 10.1. The second-order valence-corrected chi connectivity index (χ2v) is 2.86. The molecule has 0 fully saturated rings. The zero-order chi connectivity index (χ0) is 9.68. The second kappa shape index (κ2) is 4.82. The maximum atomic E-state index is 5.29. The Kier molecular flexibility index (Phi) is 3.71. The van der Waals surface area contributed by atoms with E-state index in [2.05, 4.69) is 10.3 Å². The molecule has 0 radical (unpaired) electrons. The van der Waals surface area contributed by atoms with Gasteiger partial charge in [0.25, 0.3) is 0 Å². The Labute approximate surface area is 79.1 Å². The summed E-state index contributed by atoms with van der Waals surface area (Å²) in [7, 11) is 1.93. The predicted molar refractivity (Wildman–Crippen MR) is 52.9 cm³/mol. The number of rotatable bonds is 4. The maximum absolute atomic E-state index is 5.29. The lowest BCUT2D eigenvalue weighted by atomic mass is 10.2. The van der Waals surface area contributed by atoms with Crippen LogP contribution in [0.15, 0.2) is 12.1 Å². The Morgan fingerprint density at radius 3 is 2.77 bits per heavy atom. The number of ether oxygens (including phenoxy) is 1. The van der Waals surface area contributed by atoms with Crippen molar-refractivity contribution in [1.82, 2.24) is 10.3 Å². The van der Waals surface area contributed by atoms with Gasteiger partial charge in [-0.05, 0) is 26.5 Å². The summed E-state index contributed by atoms with van der Waals surface area (Å²) < 4.78 is 5.29. The standard InChI is InChI=1S/C10H16N2O/c1-4-13-10-6-5-9(7-11-3)8(2)12-10/h5-6,11H,4,7H2,1-3H3. The third kappa shape index (κ3) is 2.70. The van der Waals surface area contributed by atoms with E-state index >= 15 is 0 Å². The molecule has 3 nitrogen and oxygen atoms in total. The van der Waals surface area contributed by atoms with Gasteiger partial charge in [0, 0.05) is 18.3 Å². The highest BCUT2D eigenvalue weighted by molar-refractivity contribution is 5.24. The van der Waals surface area contributed by atoms with Crippen LogP contribution in [0.5, 0.6) is 5.88 Å². The van der Waals surface area contributed by atoms with E-state index in [-0.39, 0.29) is 0 Å². The minimum atomic E-state index is 0.664. The van der Waals surface area contributed by atoms with Crippen molar-refractivity contribution in [2.24, 2.45) is 0 Å². The van der Waals surface area contributed by atoms with E-state index in [1.807, 2.05) is 33.0 Å². The second-order valence-electron chi connectivity index (χ2n) is 2.86. The fourth-order valence-electron chi connectivity index (χ4n) is 1.17. The van der Waals surface area contributed by atoms with E-state index in [1.165, 1.54) is 5.56 Å². The van der Waals surface area contributed by atoms with Gasteiger partial charge in [0.2, 0.25) is 5.88 Å². The molecule has 1 rings (SSSR count). The zero-order valence-corrected chi connectivity index (χ0v) is 8.42. The van der Waals surface area contributed by atoms with Crippen molar-refractivity contribution in [2.75, 3.05) is 13.7 Å². The van der Waals surface area contributed by atoms with Crippen molar-refractivity contribution in [2.45, 2.75) is 20.4 Å². The minimum Gasteiger partial charge on any atom is -0.478 e. The molecule has 3 heteroatoms. The molecule has 0 aliphatic rings. The molecule has 0 aliphatic heterocycles. The molecule has 1 aromatic heterocycles. The van der Waals surface area contributed by atoms with Crippen LogP contribution in [0.2, 0.25) is 0 Å². The molecule has 0 amide bonds. The van der Waals surface area contributed by atoms with Crippen LogP contribution in [0.1, 0.15) is 18.2 Å². The van der Waals surface area contributed by atoms with Gasteiger partial charge in [0.1, 0.15) is 0 Å². The van der Waals surface area contributed by atoms with Gasteiger partial charge in [0.05, 0.1) is 6.61 Å². The molecular weight excluding hydrogens is 164 g/mol. The molecule has 0 unspecified atom stereocenters. The highest BCUT2D eigenvalue weighted by Gasteiger charge is 2.00. The minimum absolute atomic E-state index is 0.664. The first-order valence-electron chi connectivity index (χ1n) is 4.51. The van der Waals surface area contributed by atoms with E-state index < -0.39 is 0 Å². The zero-order valence-electron chi connectivity index (χ0n) is 8.42. The highest BCUT2D eigenvalue weighted by Crippen LogP contribution is 2.11. The lowest BCUT2D eigenvalue weighted by Gasteiger charge is -2.07. The molecule has 0 saturated heterocycles. The average Bonchev–Trinajstić information content (AvgIpc) is 2.10. The fraction of sp³-hybridized carbons (Fsp3) is 0.500. The first-order chi connectivity index (χ1) is 6.27. The van der Waals surface area contributed by atoms with Gasteiger partial charge in [-0.3, -0.25) is 0 Å². The van der Waals surface area contributed by atoms with Crippen LogP contribution in [0.25, 0.3) is 0 Å². The third-order valence-corrected chi connectivity index (χ3v) is 1.83. The molecule has 1 aromatic rings. The number of nitrogens with one attached hydrogen (secondary N) is 1. The lowest BCUT2D eigenvalue weighted by molar-refractivity contribution is 0.326. The van der Waals surface area contributed by atoms with Crippen LogP contribution in [-0.4, -0.2) is 18.6 Å². The van der Waals surface area contributed by atoms with Gasteiger partial charge in [0.15, 0.2) is 0 Å². The average molecular weight is 180 g/mol. The number of aromatic nitrogens is 1. The van der Waals surface area contributed by atoms with Crippen molar-refractivity contribution in [3.8, 4) is 5.88 Å².